The van der Waals surface area contributed by atoms with Gasteiger partial charge in [0.1, 0.15) is 5.82 Å². The van der Waals surface area contributed by atoms with Gasteiger partial charge in [-0.1, -0.05) is 0 Å². The monoisotopic (exact) mass is 426 g/mol. The van der Waals surface area contributed by atoms with E-state index in [0.717, 1.165) is 24.3 Å². The number of aromatic nitrogens is 2. The molecule has 3 aromatic carbocycles. The van der Waals surface area contributed by atoms with Crippen molar-refractivity contribution in [2.45, 2.75) is 6.18 Å². The van der Waals surface area contributed by atoms with E-state index in [1.54, 1.807) is 30.3 Å². The van der Waals surface area contributed by atoms with Crippen LogP contribution in [0.15, 0.2) is 66.7 Å². The molecule has 4 aromatic rings. The van der Waals surface area contributed by atoms with E-state index in [-0.39, 0.29) is 11.3 Å². The Bertz CT molecular complexity index is 1280. The lowest BCUT2D eigenvalue weighted by atomic mass is 10.1. The average molecular weight is 426 g/mol. The molecular formula is C21H13F3N4O3. The molecule has 0 saturated heterocycles. The van der Waals surface area contributed by atoms with E-state index in [1.165, 1.54) is 12.1 Å². The summed E-state index contributed by atoms with van der Waals surface area (Å²) in [6, 6.07) is 14.8. The number of carbonyl (C=O) groups excluding carboxylic acids is 1. The molecule has 1 aromatic heterocycles. The summed E-state index contributed by atoms with van der Waals surface area (Å²) in [5.74, 6) is -0.0476. The van der Waals surface area contributed by atoms with Crippen LogP contribution in [-0.4, -0.2) is 20.8 Å². The molecule has 0 fully saturated rings. The van der Waals surface area contributed by atoms with E-state index in [4.69, 9.17) is 0 Å². The second-order valence-corrected chi connectivity index (χ2v) is 6.65. The van der Waals surface area contributed by atoms with Gasteiger partial charge < -0.3 is 10.3 Å². The SMILES string of the molecule is O=C(Nc1ccc(-c2nc3ccc([N+](=O)[O-])cc3[nH]2)cc1)c1ccc(C(F)(F)F)cc1. The number of nitro groups is 1. The quantitative estimate of drug-likeness (QED) is 0.337. The van der Waals surface area contributed by atoms with Crippen molar-refractivity contribution in [3.05, 3.63) is 88.0 Å². The number of carbonyl (C=O) groups is 1. The molecule has 1 amide bonds. The van der Waals surface area contributed by atoms with Crippen molar-refractivity contribution < 1.29 is 22.9 Å². The number of imidazole rings is 1. The highest BCUT2D eigenvalue weighted by Crippen LogP contribution is 2.29. The zero-order chi connectivity index (χ0) is 22.2. The molecule has 0 spiro atoms. The summed E-state index contributed by atoms with van der Waals surface area (Å²) in [4.78, 5) is 30.1. The molecular weight excluding hydrogens is 413 g/mol. The summed E-state index contributed by atoms with van der Waals surface area (Å²) in [5, 5.41) is 13.5. The molecule has 31 heavy (non-hydrogen) atoms. The fraction of sp³-hybridized carbons (Fsp3) is 0.0476. The number of nitrogens with one attached hydrogen (secondary N) is 2. The number of H-pyrrole nitrogens is 1. The molecule has 0 unspecified atom stereocenters. The topological polar surface area (TPSA) is 101 Å². The molecule has 0 aliphatic rings. The van der Waals surface area contributed by atoms with Gasteiger partial charge in [-0.05, 0) is 54.6 Å². The van der Waals surface area contributed by atoms with Crippen LogP contribution >= 0.6 is 0 Å². The number of alkyl halides is 3. The summed E-state index contributed by atoms with van der Waals surface area (Å²) < 4.78 is 37.9. The predicted molar refractivity (Wildman–Crippen MR) is 108 cm³/mol. The normalized spacial score (nSPS) is 11.5. The standard InChI is InChI=1S/C21H13F3N4O3/c22-21(23,24)14-5-1-13(2-6-14)20(29)25-15-7-3-12(4-8-15)19-26-17-10-9-16(28(30)31)11-18(17)27-19/h1-11H,(H,25,29)(H,26,27). The lowest BCUT2D eigenvalue weighted by molar-refractivity contribution is -0.384. The third kappa shape index (κ3) is 4.22. The van der Waals surface area contributed by atoms with E-state index in [2.05, 4.69) is 15.3 Å². The maximum atomic E-state index is 12.6. The molecule has 4 rings (SSSR count). The molecule has 1 heterocycles. The zero-order valence-electron chi connectivity index (χ0n) is 15.6. The molecule has 2 N–H and O–H groups in total. The van der Waals surface area contributed by atoms with Crippen LogP contribution in [0.25, 0.3) is 22.4 Å². The number of nitrogens with zero attached hydrogens (tertiary/aromatic N) is 2. The first kappa shape index (κ1) is 20.1. The zero-order valence-corrected chi connectivity index (χ0v) is 15.6. The number of anilines is 1. The van der Waals surface area contributed by atoms with Crippen molar-refractivity contribution in [3.8, 4) is 11.4 Å². The molecule has 156 valence electrons. The van der Waals surface area contributed by atoms with Crippen LogP contribution in [0.4, 0.5) is 24.5 Å². The van der Waals surface area contributed by atoms with Gasteiger partial charge in [0.2, 0.25) is 0 Å². The number of halogens is 3. The first-order valence-electron chi connectivity index (χ1n) is 8.94. The van der Waals surface area contributed by atoms with Crippen LogP contribution in [0.2, 0.25) is 0 Å². The average Bonchev–Trinajstić information content (AvgIpc) is 3.17. The number of non-ortho nitro benzene ring substituents is 1. The molecule has 7 nitrogen and oxygen atoms in total. The molecule has 0 radical (unpaired) electrons. The molecule has 0 bridgehead atoms. The smallest absolute Gasteiger partial charge is 0.338 e. The first-order valence-corrected chi connectivity index (χ1v) is 8.94. The number of hydrogen-bond acceptors (Lipinski definition) is 4. The maximum absolute atomic E-state index is 12.6. The number of benzene rings is 3. The Morgan fingerprint density at radius 3 is 2.29 bits per heavy atom. The maximum Gasteiger partial charge on any atom is 0.416 e. The molecule has 0 aliphatic carbocycles. The van der Waals surface area contributed by atoms with Crippen molar-refractivity contribution in [3.63, 3.8) is 0 Å². The number of amides is 1. The number of nitro benzene ring substituents is 1. The highest BCUT2D eigenvalue weighted by atomic mass is 19.4. The minimum Gasteiger partial charge on any atom is -0.338 e. The van der Waals surface area contributed by atoms with Gasteiger partial charge in [0, 0.05) is 28.9 Å². The highest BCUT2D eigenvalue weighted by molar-refractivity contribution is 6.04. The second-order valence-electron chi connectivity index (χ2n) is 6.65. The van der Waals surface area contributed by atoms with Crippen molar-refractivity contribution >= 4 is 28.3 Å². The van der Waals surface area contributed by atoms with E-state index >= 15 is 0 Å². The summed E-state index contributed by atoms with van der Waals surface area (Å²) >= 11 is 0. The molecule has 0 saturated carbocycles. The van der Waals surface area contributed by atoms with Crippen LogP contribution in [0.1, 0.15) is 15.9 Å². The van der Waals surface area contributed by atoms with Gasteiger partial charge in [-0.25, -0.2) is 4.98 Å². The highest BCUT2D eigenvalue weighted by Gasteiger charge is 2.30. The largest absolute Gasteiger partial charge is 0.416 e. The fourth-order valence-corrected chi connectivity index (χ4v) is 2.97. The van der Waals surface area contributed by atoms with Crippen LogP contribution in [0.3, 0.4) is 0 Å². The van der Waals surface area contributed by atoms with Gasteiger partial charge in [-0.15, -0.1) is 0 Å². The Balaban J connectivity index is 1.50. The Labute approximate surface area is 172 Å². The van der Waals surface area contributed by atoms with Gasteiger partial charge in [-0.2, -0.15) is 13.2 Å². The Morgan fingerprint density at radius 1 is 1.00 bits per heavy atom. The van der Waals surface area contributed by atoms with Crippen LogP contribution < -0.4 is 5.32 Å². The summed E-state index contributed by atoms with van der Waals surface area (Å²) in [6.07, 6.45) is -4.47. The number of fused-ring (bicyclic) bond motifs is 1. The van der Waals surface area contributed by atoms with Gasteiger partial charge in [0.25, 0.3) is 11.6 Å². The van der Waals surface area contributed by atoms with E-state index in [9.17, 15) is 28.1 Å². The van der Waals surface area contributed by atoms with Gasteiger partial charge in [-0.3, -0.25) is 14.9 Å². The molecule has 10 heteroatoms. The minimum absolute atomic E-state index is 0.0518. The lowest BCUT2D eigenvalue weighted by Gasteiger charge is -2.08. The summed E-state index contributed by atoms with van der Waals surface area (Å²) in [7, 11) is 0. The van der Waals surface area contributed by atoms with Crippen LogP contribution in [0, 0.1) is 10.1 Å². The fourth-order valence-electron chi connectivity index (χ4n) is 2.97. The Kier molecular flexibility index (Phi) is 4.90. The van der Waals surface area contributed by atoms with E-state index < -0.39 is 22.6 Å². The van der Waals surface area contributed by atoms with Crippen molar-refractivity contribution in [2.75, 3.05) is 5.32 Å². The summed E-state index contributed by atoms with van der Waals surface area (Å²) in [5.41, 5.74) is 1.43. The molecule has 0 aliphatic heterocycles. The second kappa shape index (κ2) is 7.56. The van der Waals surface area contributed by atoms with E-state index in [1.807, 2.05) is 0 Å². The third-order valence-electron chi connectivity index (χ3n) is 4.57. The lowest BCUT2D eigenvalue weighted by Crippen LogP contribution is -2.12. The Hall–Kier alpha value is -4.21. The predicted octanol–water partition coefficient (Wildman–Crippen LogP) is 5.41. The number of aromatic amines is 1. The Morgan fingerprint density at radius 2 is 1.68 bits per heavy atom. The third-order valence-corrected chi connectivity index (χ3v) is 4.57. The number of hydrogen-bond donors (Lipinski definition) is 2. The van der Waals surface area contributed by atoms with Crippen molar-refractivity contribution in [1.82, 2.24) is 9.97 Å². The summed E-state index contributed by atoms with van der Waals surface area (Å²) in [6.45, 7) is 0. The van der Waals surface area contributed by atoms with Crippen LogP contribution in [0.5, 0.6) is 0 Å². The molecule has 0 atom stereocenters. The first-order chi connectivity index (χ1) is 14.7. The van der Waals surface area contributed by atoms with Crippen molar-refractivity contribution in [2.24, 2.45) is 0 Å². The van der Waals surface area contributed by atoms with Gasteiger partial charge in [0.05, 0.1) is 21.5 Å². The van der Waals surface area contributed by atoms with E-state index in [0.29, 0.717) is 28.1 Å². The van der Waals surface area contributed by atoms with Gasteiger partial charge >= 0.3 is 6.18 Å². The minimum atomic E-state index is -4.47. The van der Waals surface area contributed by atoms with Crippen LogP contribution in [-0.2, 0) is 6.18 Å². The number of rotatable bonds is 4. The van der Waals surface area contributed by atoms with Crippen molar-refractivity contribution in [1.29, 1.82) is 0 Å². The van der Waals surface area contributed by atoms with Gasteiger partial charge in [0.15, 0.2) is 0 Å².